The van der Waals surface area contributed by atoms with Gasteiger partial charge in [0.05, 0.1) is 5.54 Å². The van der Waals surface area contributed by atoms with E-state index in [2.05, 4.69) is 24.1 Å². The molecule has 0 saturated carbocycles. The second kappa shape index (κ2) is 7.41. The summed E-state index contributed by atoms with van der Waals surface area (Å²) in [4.78, 5) is 14.1. The normalized spacial score (nSPS) is 22.4. The van der Waals surface area contributed by atoms with Crippen molar-refractivity contribution in [2.45, 2.75) is 65.3 Å². The molecule has 1 atom stereocenters. The van der Waals surface area contributed by atoms with Gasteiger partial charge in [0.15, 0.2) is 0 Å². The minimum absolute atomic E-state index is 0.239. The Labute approximate surface area is 124 Å². The smallest absolute Gasteiger partial charge is 0.237 e. The number of piperidine rings is 1. The van der Waals surface area contributed by atoms with Gasteiger partial charge in [-0.2, -0.15) is 0 Å². The molecule has 118 valence electrons. The molecule has 1 aliphatic heterocycles. The maximum absolute atomic E-state index is 11.6. The molecule has 1 fully saturated rings. The molecule has 0 spiro atoms. The molecule has 0 aromatic carbocycles. The van der Waals surface area contributed by atoms with Crippen molar-refractivity contribution in [1.82, 2.24) is 10.2 Å². The number of nitrogens with one attached hydrogen (secondary N) is 1. The second-order valence-electron chi connectivity index (χ2n) is 6.84. The van der Waals surface area contributed by atoms with Crippen LogP contribution in [0.25, 0.3) is 0 Å². The zero-order valence-electron chi connectivity index (χ0n) is 13.8. The molecule has 1 saturated heterocycles. The fourth-order valence-corrected chi connectivity index (χ4v) is 3.02. The van der Waals surface area contributed by atoms with Gasteiger partial charge >= 0.3 is 0 Å². The predicted molar refractivity (Wildman–Crippen MR) is 84.6 cm³/mol. The van der Waals surface area contributed by atoms with Crippen molar-refractivity contribution in [1.29, 1.82) is 0 Å². The van der Waals surface area contributed by atoms with Crippen molar-refractivity contribution < 1.29 is 4.79 Å². The summed E-state index contributed by atoms with van der Waals surface area (Å²) in [6, 6.07) is 0. The van der Waals surface area contributed by atoms with Crippen LogP contribution in [-0.2, 0) is 4.79 Å². The Morgan fingerprint density at radius 1 is 1.35 bits per heavy atom. The Balaban J connectivity index is 2.33. The van der Waals surface area contributed by atoms with Gasteiger partial charge < -0.3 is 16.0 Å². The van der Waals surface area contributed by atoms with Gasteiger partial charge in [0.2, 0.25) is 5.91 Å². The first-order valence-electron chi connectivity index (χ1n) is 8.12. The summed E-state index contributed by atoms with van der Waals surface area (Å²) < 4.78 is 0. The van der Waals surface area contributed by atoms with Gasteiger partial charge in [-0.25, -0.2) is 0 Å². The third kappa shape index (κ3) is 4.74. The van der Waals surface area contributed by atoms with Crippen LogP contribution in [0.3, 0.4) is 0 Å². The fraction of sp³-hybridized carbons (Fsp3) is 0.938. The molecule has 0 bridgehead atoms. The van der Waals surface area contributed by atoms with Crippen LogP contribution in [0.2, 0.25) is 0 Å². The number of likely N-dealkylation sites (N-methyl/N-ethyl adjacent to an activating group) is 1. The van der Waals surface area contributed by atoms with Crippen LogP contribution in [-0.4, -0.2) is 42.5 Å². The summed E-state index contributed by atoms with van der Waals surface area (Å²) >= 11 is 0. The molecule has 3 N–H and O–H groups in total. The summed E-state index contributed by atoms with van der Waals surface area (Å²) in [7, 11) is 0. The number of carbonyl (C=O) groups excluding carboxylic acids is 1. The molecule has 4 nitrogen and oxygen atoms in total. The van der Waals surface area contributed by atoms with Crippen molar-refractivity contribution in [2.24, 2.45) is 11.1 Å². The van der Waals surface area contributed by atoms with E-state index in [1.165, 1.54) is 32.4 Å². The number of nitrogens with two attached hydrogens (primary N) is 1. The van der Waals surface area contributed by atoms with Crippen LogP contribution in [0.5, 0.6) is 0 Å². The monoisotopic (exact) mass is 283 g/mol. The van der Waals surface area contributed by atoms with E-state index in [4.69, 9.17) is 5.73 Å². The highest BCUT2D eigenvalue weighted by Crippen LogP contribution is 2.33. The van der Waals surface area contributed by atoms with E-state index in [1.54, 1.807) is 0 Å². The Morgan fingerprint density at radius 2 is 1.95 bits per heavy atom. The molecule has 0 aromatic rings. The Bertz CT molecular complexity index is 311. The molecular formula is C16H33N3O. The van der Waals surface area contributed by atoms with E-state index < -0.39 is 5.54 Å². The number of amides is 1. The molecule has 4 heteroatoms. The molecular weight excluding hydrogens is 250 g/mol. The highest BCUT2D eigenvalue weighted by Gasteiger charge is 2.31. The second-order valence-corrected chi connectivity index (χ2v) is 6.84. The summed E-state index contributed by atoms with van der Waals surface area (Å²) in [6.45, 7) is 12.9. The number of carbonyl (C=O) groups is 1. The van der Waals surface area contributed by atoms with E-state index in [1.807, 2.05) is 13.8 Å². The standard InChI is InChI=1S/C16H33N3O/c1-5-15(3)9-12-19(13-10-15)11-7-8-16(4,14(17)20)18-6-2/h18H,5-13H2,1-4H3,(H2,17,20). The van der Waals surface area contributed by atoms with Crippen molar-refractivity contribution in [2.75, 3.05) is 26.2 Å². The van der Waals surface area contributed by atoms with Crippen molar-refractivity contribution in [3.63, 3.8) is 0 Å². The lowest BCUT2D eigenvalue weighted by Crippen LogP contribution is -2.53. The van der Waals surface area contributed by atoms with Gasteiger partial charge in [-0.15, -0.1) is 0 Å². The average Bonchev–Trinajstić information content (AvgIpc) is 2.41. The largest absolute Gasteiger partial charge is 0.368 e. The molecule has 1 aliphatic rings. The van der Waals surface area contributed by atoms with E-state index in [9.17, 15) is 4.79 Å². The third-order valence-corrected chi connectivity index (χ3v) is 5.18. The van der Waals surface area contributed by atoms with Crippen LogP contribution in [0.4, 0.5) is 0 Å². The number of hydrogen-bond donors (Lipinski definition) is 2. The minimum atomic E-state index is -0.553. The van der Waals surface area contributed by atoms with Crippen LogP contribution >= 0.6 is 0 Å². The summed E-state index contributed by atoms with van der Waals surface area (Å²) in [5.41, 5.74) is 5.51. The fourth-order valence-electron chi connectivity index (χ4n) is 3.02. The Kier molecular flexibility index (Phi) is 6.46. The molecule has 1 unspecified atom stereocenters. The number of rotatable bonds is 8. The zero-order chi connectivity index (χ0) is 15.2. The number of primary amides is 1. The molecule has 1 rings (SSSR count). The van der Waals surface area contributed by atoms with Crippen LogP contribution in [0, 0.1) is 5.41 Å². The lowest BCUT2D eigenvalue weighted by atomic mass is 9.78. The molecule has 20 heavy (non-hydrogen) atoms. The quantitative estimate of drug-likeness (QED) is 0.717. The first-order valence-corrected chi connectivity index (χ1v) is 8.12. The van der Waals surface area contributed by atoms with Crippen molar-refractivity contribution in [3.8, 4) is 0 Å². The first kappa shape index (κ1) is 17.4. The van der Waals surface area contributed by atoms with E-state index >= 15 is 0 Å². The van der Waals surface area contributed by atoms with Crippen molar-refractivity contribution >= 4 is 5.91 Å². The Morgan fingerprint density at radius 3 is 2.40 bits per heavy atom. The SMILES string of the molecule is CCNC(C)(CCCN1CCC(C)(CC)CC1)C(N)=O. The van der Waals surface area contributed by atoms with Gasteiger partial charge in [-0.1, -0.05) is 27.2 Å². The van der Waals surface area contributed by atoms with Gasteiger partial charge in [-0.05, 0) is 64.2 Å². The average molecular weight is 283 g/mol. The van der Waals surface area contributed by atoms with Gasteiger partial charge in [0.1, 0.15) is 0 Å². The summed E-state index contributed by atoms with van der Waals surface area (Å²) in [5.74, 6) is -0.239. The minimum Gasteiger partial charge on any atom is -0.368 e. The first-order chi connectivity index (χ1) is 9.35. The number of hydrogen-bond acceptors (Lipinski definition) is 3. The number of likely N-dealkylation sites (tertiary alicyclic amines) is 1. The molecule has 0 aliphatic carbocycles. The van der Waals surface area contributed by atoms with E-state index in [-0.39, 0.29) is 5.91 Å². The highest BCUT2D eigenvalue weighted by atomic mass is 16.1. The third-order valence-electron chi connectivity index (χ3n) is 5.18. The molecule has 1 heterocycles. The maximum Gasteiger partial charge on any atom is 0.237 e. The Hall–Kier alpha value is -0.610. The molecule has 1 amide bonds. The van der Waals surface area contributed by atoms with Crippen LogP contribution < -0.4 is 11.1 Å². The van der Waals surface area contributed by atoms with E-state index in [0.29, 0.717) is 5.41 Å². The maximum atomic E-state index is 11.6. The van der Waals surface area contributed by atoms with Crippen molar-refractivity contribution in [3.05, 3.63) is 0 Å². The predicted octanol–water partition coefficient (Wildman–Crippen LogP) is 2.13. The van der Waals surface area contributed by atoms with Gasteiger partial charge in [-0.3, -0.25) is 4.79 Å². The summed E-state index contributed by atoms with van der Waals surface area (Å²) in [5, 5.41) is 3.23. The van der Waals surface area contributed by atoms with Crippen LogP contribution in [0.1, 0.15) is 59.8 Å². The lowest BCUT2D eigenvalue weighted by Gasteiger charge is -2.39. The summed E-state index contributed by atoms with van der Waals surface area (Å²) in [6.07, 6.45) is 5.71. The van der Waals surface area contributed by atoms with Gasteiger partial charge in [0, 0.05) is 0 Å². The van der Waals surface area contributed by atoms with Gasteiger partial charge in [0.25, 0.3) is 0 Å². The molecule has 0 radical (unpaired) electrons. The van der Waals surface area contributed by atoms with E-state index in [0.717, 1.165) is 25.9 Å². The highest BCUT2D eigenvalue weighted by molar-refractivity contribution is 5.84. The molecule has 0 aromatic heterocycles. The van der Waals surface area contributed by atoms with Crippen LogP contribution in [0.15, 0.2) is 0 Å². The lowest BCUT2D eigenvalue weighted by molar-refractivity contribution is -0.124. The zero-order valence-corrected chi connectivity index (χ0v) is 13.8. The number of nitrogens with zero attached hydrogens (tertiary/aromatic N) is 1. The topological polar surface area (TPSA) is 58.4 Å².